The van der Waals surface area contributed by atoms with Gasteiger partial charge in [-0.2, -0.15) is 0 Å². The SMILES string of the molecule is NC(=O)c1cc(N2CC[C@@H](N)C2)nc(-c2ccc(C#Cc3ccc(CN4CCOCC4)cc3)cc2)c1O. The molecule has 2 fully saturated rings. The molecular weight excluding hydrogens is 466 g/mol. The highest BCUT2D eigenvalue weighted by molar-refractivity contribution is 5.98. The second-order valence-corrected chi connectivity index (χ2v) is 9.50. The van der Waals surface area contributed by atoms with Gasteiger partial charge in [-0.3, -0.25) is 9.69 Å². The van der Waals surface area contributed by atoms with Crippen molar-refractivity contribution in [2.45, 2.75) is 19.0 Å². The van der Waals surface area contributed by atoms with Crippen LogP contribution in [0.15, 0.2) is 54.6 Å². The minimum absolute atomic E-state index is 0.0430. The van der Waals surface area contributed by atoms with Crippen molar-refractivity contribution in [3.63, 3.8) is 0 Å². The largest absolute Gasteiger partial charge is 0.505 e. The van der Waals surface area contributed by atoms with Gasteiger partial charge in [0.1, 0.15) is 11.5 Å². The van der Waals surface area contributed by atoms with E-state index in [1.54, 1.807) is 0 Å². The second-order valence-electron chi connectivity index (χ2n) is 9.50. The Labute approximate surface area is 216 Å². The Bertz CT molecular complexity index is 1320. The molecule has 8 nitrogen and oxygen atoms in total. The van der Waals surface area contributed by atoms with E-state index in [0.717, 1.165) is 56.9 Å². The molecule has 2 aliphatic heterocycles. The topological polar surface area (TPSA) is 118 Å². The zero-order valence-corrected chi connectivity index (χ0v) is 20.7. The minimum Gasteiger partial charge on any atom is -0.505 e. The normalized spacial score (nSPS) is 17.9. The van der Waals surface area contributed by atoms with Crippen LogP contribution in [0.4, 0.5) is 5.82 Å². The smallest absolute Gasteiger partial charge is 0.252 e. The van der Waals surface area contributed by atoms with Crippen LogP contribution in [0.1, 0.15) is 33.5 Å². The minimum atomic E-state index is -0.704. The van der Waals surface area contributed by atoms with Gasteiger partial charge in [-0.15, -0.1) is 0 Å². The van der Waals surface area contributed by atoms with Crippen molar-refractivity contribution >= 4 is 11.7 Å². The van der Waals surface area contributed by atoms with Gasteiger partial charge in [0.05, 0.1) is 18.8 Å². The Morgan fingerprint density at radius 2 is 1.68 bits per heavy atom. The fraction of sp³-hybridized carbons (Fsp3) is 0.310. The summed E-state index contributed by atoms with van der Waals surface area (Å²) in [6, 6.07) is 17.3. The second kappa shape index (κ2) is 11.0. The van der Waals surface area contributed by atoms with E-state index in [1.807, 2.05) is 41.3 Å². The Kier molecular flexibility index (Phi) is 7.37. The van der Waals surface area contributed by atoms with E-state index in [9.17, 15) is 9.90 Å². The Balaban J connectivity index is 1.32. The van der Waals surface area contributed by atoms with Crippen molar-refractivity contribution < 1.29 is 14.6 Å². The molecule has 0 aliphatic carbocycles. The van der Waals surface area contributed by atoms with Crippen molar-refractivity contribution in [1.82, 2.24) is 9.88 Å². The summed E-state index contributed by atoms with van der Waals surface area (Å²) >= 11 is 0. The Hall–Kier alpha value is -3.90. The Morgan fingerprint density at radius 3 is 2.27 bits per heavy atom. The molecule has 1 atom stereocenters. The van der Waals surface area contributed by atoms with Crippen LogP contribution >= 0.6 is 0 Å². The van der Waals surface area contributed by atoms with Gasteiger partial charge in [0.25, 0.3) is 5.91 Å². The van der Waals surface area contributed by atoms with Gasteiger partial charge in [0, 0.05) is 55.5 Å². The molecule has 0 unspecified atom stereocenters. The number of ether oxygens (including phenoxy) is 1. The first kappa shape index (κ1) is 24.8. The van der Waals surface area contributed by atoms with E-state index in [0.29, 0.717) is 23.6 Å². The molecule has 2 saturated heterocycles. The van der Waals surface area contributed by atoms with Crippen LogP contribution in [-0.2, 0) is 11.3 Å². The van der Waals surface area contributed by atoms with Crippen molar-refractivity contribution in [3.05, 3.63) is 76.9 Å². The van der Waals surface area contributed by atoms with Crippen molar-refractivity contribution in [3.8, 4) is 28.8 Å². The molecule has 2 aromatic carbocycles. The number of hydrogen-bond acceptors (Lipinski definition) is 7. The van der Waals surface area contributed by atoms with E-state index < -0.39 is 5.91 Å². The summed E-state index contributed by atoms with van der Waals surface area (Å²) in [7, 11) is 0. The summed E-state index contributed by atoms with van der Waals surface area (Å²) in [5.41, 5.74) is 15.6. The van der Waals surface area contributed by atoms with Gasteiger partial charge >= 0.3 is 0 Å². The summed E-state index contributed by atoms with van der Waals surface area (Å²) in [6.45, 7) is 5.81. The lowest BCUT2D eigenvalue weighted by Gasteiger charge is -2.26. The summed E-state index contributed by atoms with van der Waals surface area (Å²) in [5.74, 6) is 6.05. The number of anilines is 1. The van der Waals surface area contributed by atoms with Crippen LogP contribution < -0.4 is 16.4 Å². The molecule has 37 heavy (non-hydrogen) atoms. The molecule has 0 spiro atoms. The first-order valence-electron chi connectivity index (χ1n) is 12.5. The number of nitrogens with two attached hydrogens (primary N) is 2. The fourth-order valence-electron chi connectivity index (χ4n) is 4.64. The predicted molar refractivity (Wildman–Crippen MR) is 143 cm³/mol. The van der Waals surface area contributed by atoms with E-state index >= 15 is 0 Å². The predicted octanol–water partition coefficient (Wildman–Crippen LogP) is 2.32. The number of morpholine rings is 1. The molecule has 3 heterocycles. The number of pyridine rings is 1. The monoisotopic (exact) mass is 497 g/mol. The first-order valence-corrected chi connectivity index (χ1v) is 12.5. The van der Waals surface area contributed by atoms with E-state index in [2.05, 4.69) is 33.9 Å². The number of rotatable bonds is 5. The number of aromatic hydroxyl groups is 1. The van der Waals surface area contributed by atoms with E-state index in [-0.39, 0.29) is 17.4 Å². The van der Waals surface area contributed by atoms with Gasteiger partial charge in [-0.1, -0.05) is 36.1 Å². The zero-order valence-electron chi connectivity index (χ0n) is 20.7. The average molecular weight is 498 g/mol. The lowest BCUT2D eigenvalue weighted by Crippen LogP contribution is -2.35. The van der Waals surface area contributed by atoms with Gasteiger partial charge < -0.3 is 26.2 Å². The molecule has 0 radical (unpaired) electrons. The summed E-state index contributed by atoms with van der Waals surface area (Å²) in [4.78, 5) is 21.0. The number of hydrogen-bond donors (Lipinski definition) is 3. The van der Waals surface area contributed by atoms with Gasteiger partial charge in [0.2, 0.25) is 0 Å². The van der Waals surface area contributed by atoms with Gasteiger partial charge in [0.15, 0.2) is 5.75 Å². The highest BCUT2D eigenvalue weighted by Crippen LogP contribution is 2.34. The van der Waals surface area contributed by atoms with Crippen LogP contribution in [0.5, 0.6) is 5.75 Å². The number of carbonyl (C=O) groups is 1. The van der Waals surface area contributed by atoms with Crippen LogP contribution in [0.3, 0.4) is 0 Å². The van der Waals surface area contributed by atoms with Gasteiger partial charge in [-0.25, -0.2) is 4.98 Å². The average Bonchev–Trinajstić information content (AvgIpc) is 3.35. The lowest BCUT2D eigenvalue weighted by atomic mass is 10.0. The molecule has 1 aromatic heterocycles. The molecule has 1 amide bonds. The third-order valence-corrected chi connectivity index (χ3v) is 6.77. The molecule has 0 saturated carbocycles. The van der Waals surface area contributed by atoms with Crippen molar-refractivity contribution in [2.75, 3.05) is 44.3 Å². The van der Waals surface area contributed by atoms with Crippen molar-refractivity contribution in [2.24, 2.45) is 11.5 Å². The van der Waals surface area contributed by atoms with Crippen LogP contribution in [0, 0.1) is 11.8 Å². The molecule has 5 rings (SSSR count). The van der Waals surface area contributed by atoms with Gasteiger partial charge in [-0.05, 0) is 42.3 Å². The lowest BCUT2D eigenvalue weighted by molar-refractivity contribution is 0.0342. The maximum atomic E-state index is 12.0. The number of amides is 1. The van der Waals surface area contributed by atoms with Crippen molar-refractivity contribution in [1.29, 1.82) is 0 Å². The maximum Gasteiger partial charge on any atom is 0.252 e. The quantitative estimate of drug-likeness (QED) is 0.463. The Morgan fingerprint density at radius 1 is 1.03 bits per heavy atom. The number of aromatic nitrogens is 1. The molecule has 0 bridgehead atoms. The van der Waals surface area contributed by atoms with E-state index in [4.69, 9.17) is 16.2 Å². The number of nitrogens with zero attached hydrogens (tertiary/aromatic N) is 3. The van der Waals surface area contributed by atoms with Crippen LogP contribution in [0.2, 0.25) is 0 Å². The molecule has 8 heteroatoms. The van der Waals surface area contributed by atoms with E-state index in [1.165, 1.54) is 11.6 Å². The number of carbonyl (C=O) groups excluding carboxylic acids is 1. The highest BCUT2D eigenvalue weighted by Gasteiger charge is 2.24. The zero-order chi connectivity index (χ0) is 25.8. The molecule has 5 N–H and O–H groups in total. The number of benzene rings is 2. The molecule has 190 valence electrons. The first-order chi connectivity index (χ1) is 18.0. The molecule has 3 aromatic rings. The van der Waals surface area contributed by atoms with Crippen LogP contribution in [-0.4, -0.2) is 66.3 Å². The number of primary amides is 1. The highest BCUT2D eigenvalue weighted by atomic mass is 16.5. The molecular formula is C29H31N5O3. The maximum absolute atomic E-state index is 12.0. The molecule has 2 aliphatic rings. The summed E-state index contributed by atoms with van der Waals surface area (Å²) in [5, 5.41) is 10.7. The summed E-state index contributed by atoms with van der Waals surface area (Å²) < 4.78 is 5.41. The standard InChI is InChI=1S/C29H31N5O3/c30-24-11-12-34(19-24)26-17-25(29(31)36)28(35)27(32-26)23-9-7-21(8-10-23)2-1-20-3-5-22(6-4-20)18-33-13-15-37-16-14-33/h3-10,17,24,35H,11-16,18-19,30H2,(H2,31,36)/t24-/m1/s1. The fourth-order valence-corrected chi connectivity index (χ4v) is 4.64. The third kappa shape index (κ3) is 5.92. The summed E-state index contributed by atoms with van der Waals surface area (Å²) in [6.07, 6.45) is 0.841. The third-order valence-electron chi connectivity index (χ3n) is 6.77. The van der Waals surface area contributed by atoms with Crippen LogP contribution in [0.25, 0.3) is 11.3 Å².